The number of hydrogen-bond donors (Lipinski definition) is 0. The molecule has 2 aromatic rings. The van der Waals surface area contributed by atoms with Gasteiger partial charge < -0.3 is 0 Å². The van der Waals surface area contributed by atoms with Crippen LogP contribution in [0.4, 0.5) is 0 Å². The second kappa shape index (κ2) is 4.92. The predicted octanol–water partition coefficient (Wildman–Crippen LogP) is 6.63. The molecule has 0 amide bonds. The Bertz CT molecular complexity index is 633. The van der Waals surface area contributed by atoms with Gasteiger partial charge in [-0.1, -0.05) is 47.0 Å². The quantitative estimate of drug-likeness (QED) is 0.524. The van der Waals surface area contributed by atoms with E-state index < -0.39 is 0 Å². The van der Waals surface area contributed by atoms with Crippen LogP contribution in [-0.2, 0) is 0 Å². The fourth-order valence-corrected chi connectivity index (χ4v) is 9.90. The van der Waals surface area contributed by atoms with E-state index in [-0.39, 0.29) is 2.74 Å². The van der Waals surface area contributed by atoms with Crippen LogP contribution >= 0.6 is 47.0 Å². The summed E-state index contributed by atoms with van der Waals surface area (Å²) in [5, 5.41) is 0. The first-order valence-electron chi connectivity index (χ1n) is 6.94. The van der Waals surface area contributed by atoms with Crippen LogP contribution in [0.25, 0.3) is 0 Å². The average molecular weight is 349 g/mol. The van der Waals surface area contributed by atoms with Gasteiger partial charge in [0.25, 0.3) is 0 Å². The number of rotatable bonds is 0. The minimum atomic E-state index is 0.144. The van der Waals surface area contributed by atoms with Crippen LogP contribution in [0.1, 0.15) is 22.3 Å². The van der Waals surface area contributed by atoms with Gasteiger partial charge >= 0.3 is 0 Å². The molecule has 2 aliphatic rings. The van der Waals surface area contributed by atoms with Crippen molar-refractivity contribution in [1.29, 1.82) is 0 Å². The van der Waals surface area contributed by atoms with E-state index in [4.69, 9.17) is 0 Å². The van der Waals surface area contributed by atoms with E-state index in [2.05, 4.69) is 52.0 Å². The van der Waals surface area contributed by atoms with Gasteiger partial charge in [0.2, 0.25) is 0 Å². The molecule has 108 valence electrons. The van der Waals surface area contributed by atoms with Crippen molar-refractivity contribution in [2.24, 2.45) is 0 Å². The summed E-state index contributed by atoms with van der Waals surface area (Å²) in [6.07, 6.45) is 0. The summed E-state index contributed by atoms with van der Waals surface area (Å²) in [6.45, 7) is 8.84. The van der Waals surface area contributed by atoms with Gasteiger partial charge in [0.1, 0.15) is 0 Å². The Labute approximate surface area is 143 Å². The van der Waals surface area contributed by atoms with Gasteiger partial charge in [0.15, 0.2) is 2.74 Å². The summed E-state index contributed by atoms with van der Waals surface area (Å²) in [6, 6.07) is 9.44. The molecule has 4 rings (SSSR count). The molecule has 0 saturated carbocycles. The van der Waals surface area contributed by atoms with E-state index in [0.29, 0.717) is 0 Å². The minimum absolute atomic E-state index is 0.144. The summed E-state index contributed by atoms with van der Waals surface area (Å²) in [7, 11) is 0. The normalized spacial score (nSPS) is 18.1. The second-order valence-corrected chi connectivity index (χ2v) is 12.3. The Morgan fingerprint density at radius 1 is 0.524 bits per heavy atom. The number of benzene rings is 2. The van der Waals surface area contributed by atoms with E-state index in [1.165, 1.54) is 41.8 Å². The molecule has 0 N–H and O–H groups in total. The molecule has 0 aliphatic carbocycles. The highest BCUT2D eigenvalue weighted by molar-refractivity contribution is 8.50. The highest BCUT2D eigenvalue weighted by Gasteiger charge is 2.46. The van der Waals surface area contributed by atoms with Gasteiger partial charge in [-0.2, -0.15) is 0 Å². The van der Waals surface area contributed by atoms with Gasteiger partial charge in [-0.25, -0.2) is 0 Å². The molecule has 2 aliphatic heterocycles. The van der Waals surface area contributed by atoms with Crippen LogP contribution in [0.2, 0.25) is 0 Å². The van der Waals surface area contributed by atoms with Crippen LogP contribution < -0.4 is 0 Å². The first kappa shape index (κ1) is 14.4. The van der Waals surface area contributed by atoms with Gasteiger partial charge in [0, 0.05) is 19.6 Å². The van der Waals surface area contributed by atoms with Crippen molar-refractivity contribution in [3.05, 3.63) is 46.5 Å². The lowest BCUT2D eigenvalue weighted by atomic mass is 10.1. The van der Waals surface area contributed by atoms with Crippen LogP contribution in [-0.4, -0.2) is 2.74 Å². The van der Waals surface area contributed by atoms with E-state index in [0.717, 1.165) is 0 Å². The zero-order valence-corrected chi connectivity index (χ0v) is 15.7. The average Bonchev–Trinajstić information content (AvgIpc) is 2.90. The van der Waals surface area contributed by atoms with E-state index in [1.54, 1.807) is 0 Å². The van der Waals surface area contributed by atoms with Crippen molar-refractivity contribution in [3.8, 4) is 0 Å². The van der Waals surface area contributed by atoms with Crippen molar-refractivity contribution < 1.29 is 0 Å². The molecule has 1 spiro atoms. The maximum absolute atomic E-state index is 2.36. The SMILES string of the molecule is Cc1cc2c(cc1C)SC1(S2)Sc2cc(C)c(C)cc2S1. The topological polar surface area (TPSA) is 0 Å². The molecule has 21 heavy (non-hydrogen) atoms. The molecule has 0 fully saturated rings. The predicted molar refractivity (Wildman–Crippen MR) is 98.0 cm³/mol. The summed E-state index contributed by atoms with van der Waals surface area (Å²) in [5.74, 6) is 0. The third-order valence-corrected chi connectivity index (χ3v) is 10.5. The standard InChI is InChI=1S/C17H16S4/c1-9-5-13-14(6-10(9)2)19-17(18-13)20-15-7-11(3)12(4)8-16(15)21-17/h5-8H,1-4H3. The Balaban J connectivity index is 1.71. The number of thioether (sulfide) groups is 4. The van der Waals surface area contributed by atoms with Crippen LogP contribution in [0.5, 0.6) is 0 Å². The molecule has 2 heterocycles. The highest BCUT2D eigenvalue weighted by atomic mass is 32.3. The smallest absolute Gasteiger partial charge is 0.0842 e. The van der Waals surface area contributed by atoms with Crippen molar-refractivity contribution in [1.82, 2.24) is 0 Å². The summed E-state index contributed by atoms with van der Waals surface area (Å²) in [4.78, 5) is 5.79. The van der Waals surface area contributed by atoms with Crippen LogP contribution in [0, 0.1) is 27.7 Å². The Kier molecular flexibility index (Phi) is 3.38. The fraction of sp³-hybridized carbons (Fsp3) is 0.294. The van der Waals surface area contributed by atoms with Crippen molar-refractivity contribution in [2.45, 2.75) is 50.0 Å². The van der Waals surface area contributed by atoms with Gasteiger partial charge in [-0.05, 0) is 74.2 Å². The number of fused-ring (bicyclic) bond motifs is 2. The van der Waals surface area contributed by atoms with Gasteiger partial charge in [-0.15, -0.1) is 0 Å². The van der Waals surface area contributed by atoms with Crippen LogP contribution in [0.15, 0.2) is 43.8 Å². The zero-order valence-electron chi connectivity index (χ0n) is 12.4. The fourth-order valence-electron chi connectivity index (χ4n) is 2.51. The highest BCUT2D eigenvalue weighted by Crippen LogP contribution is 2.74. The maximum atomic E-state index is 2.36. The number of aryl methyl sites for hydroxylation is 4. The van der Waals surface area contributed by atoms with E-state index in [9.17, 15) is 0 Å². The minimum Gasteiger partial charge on any atom is -0.0842 e. The summed E-state index contributed by atoms with van der Waals surface area (Å²) in [5.41, 5.74) is 5.60. The van der Waals surface area contributed by atoms with Crippen LogP contribution in [0.3, 0.4) is 0 Å². The molecule has 2 aromatic carbocycles. The molecule has 0 bridgehead atoms. The van der Waals surface area contributed by atoms with Gasteiger partial charge in [-0.3, -0.25) is 0 Å². The maximum Gasteiger partial charge on any atom is 0.171 e. The number of hydrogen-bond acceptors (Lipinski definition) is 4. The first-order chi connectivity index (χ1) is 9.96. The first-order valence-corrected chi connectivity index (χ1v) is 10.2. The molecule has 0 saturated heterocycles. The zero-order chi connectivity index (χ0) is 14.8. The lowest BCUT2D eigenvalue weighted by Gasteiger charge is -2.17. The Hall–Kier alpha value is -0.160. The molecular weight excluding hydrogens is 332 g/mol. The molecular formula is C17H16S4. The van der Waals surface area contributed by atoms with Gasteiger partial charge in [0.05, 0.1) is 0 Å². The van der Waals surface area contributed by atoms with Crippen molar-refractivity contribution >= 4 is 47.0 Å². The summed E-state index contributed by atoms with van der Waals surface area (Å²) >= 11 is 8.10. The molecule has 4 heteroatoms. The summed E-state index contributed by atoms with van der Waals surface area (Å²) < 4.78 is 0.144. The monoisotopic (exact) mass is 348 g/mol. The molecule has 0 atom stereocenters. The molecule has 0 radical (unpaired) electrons. The van der Waals surface area contributed by atoms with Crippen molar-refractivity contribution in [2.75, 3.05) is 0 Å². The van der Waals surface area contributed by atoms with E-state index in [1.807, 2.05) is 47.0 Å². The lowest BCUT2D eigenvalue weighted by molar-refractivity contribution is 1.18. The molecule has 0 unspecified atom stereocenters. The Morgan fingerprint density at radius 3 is 1.00 bits per heavy atom. The molecule has 0 aromatic heterocycles. The van der Waals surface area contributed by atoms with Crippen molar-refractivity contribution in [3.63, 3.8) is 0 Å². The van der Waals surface area contributed by atoms with E-state index >= 15 is 0 Å². The third-order valence-electron chi connectivity index (χ3n) is 4.06. The lowest BCUT2D eigenvalue weighted by Crippen LogP contribution is -1.98. The molecule has 0 nitrogen and oxygen atoms in total. The third kappa shape index (κ3) is 2.35. The Morgan fingerprint density at radius 2 is 0.762 bits per heavy atom. The second-order valence-electron chi connectivity index (χ2n) is 5.67. The largest absolute Gasteiger partial charge is 0.171 e.